The first-order chi connectivity index (χ1) is 4.88. The molecule has 0 aliphatic heterocycles. The van der Waals surface area contributed by atoms with Crippen molar-refractivity contribution in [1.29, 1.82) is 0 Å². The lowest BCUT2D eigenvalue weighted by atomic mass is 10.1. The molecule has 2 heteroatoms. The molecule has 50 valence electrons. The van der Waals surface area contributed by atoms with Crippen molar-refractivity contribution in [3.63, 3.8) is 0 Å². The van der Waals surface area contributed by atoms with Gasteiger partial charge in [-0.1, -0.05) is 19.1 Å². The van der Waals surface area contributed by atoms with Crippen LogP contribution >= 0.6 is 0 Å². The average molecular weight is 132 g/mol. The third-order valence-electron chi connectivity index (χ3n) is 1.77. The van der Waals surface area contributed by atoms with Crippen molar-refractivity contribution in [2.75, 3.05) is 0 Å². The minimum atomic E-state index is 0.470. The van der Waals surface area contributed by atoms with E-state index >= 15 is 0 Å². The summed E-state index contributed by atoms with van der Waals surface area (Å²) in [6.07, 6.45) is 7.66. The van der Waals surface area contributed by atoms with Gasteiger partial charge in [-0.15, -0.1) is 0 Å². The van der Waals surface area contributed by atoms with Crippen LogP contribution in [0, 0.1) is 0 Å². The van der Waals surface area contributed by atoms with Gasteiger partial charge >= 0.3 is 0 Å². The predicted molar refractivity (Wildman–Crippen MR) is 39.5 cm³/mol. The standard InChI is InChI=1S/C8H8N2/c1-6-2-3-7-4-9-5-10-8(6)7/h2-6H,1H3. The van der Waals surface area contributed by atoms with E-state index in [0.717, 1.165) is 11.3 Å². The van der Waals surface area contributed by atoms with Crippen LogP contribution in [0.5, 0.6) is 0 Å². The SMILES string of the molecule is CC1C=Cc2cncnc21. The van der Waals surface area contributed by atoms with E-state index in [4.69, 9.17) is 0 Å². The summed E-state index contributed by atoms with van der Waals surface area (Å²) < 4.78 is 0. The molecular weight excluding hydrogens is 124 g/mol. The van der Waals surface area contributed by atoms with Crippen LogP contribution in [0.2, 0.25) is 0 Å². The number of aromatic nitrogens is 2. The molecule has 1 atom stereocenters. The van der Waals surface area contributed by atoms with Gasteiger partial charge in [0.2, 0.25) is 0 Å². The summed E-state index contributed by atoms with van der Waals surface area (Å²) in [6, 6.07) is 0. The zero-order valence-electron chi connectivity index (χ0n) is 5.78. The Morgan fingerprint density at radius 2 is 2.40 bits per heavy atom. The molecule has 0 fully saturated rings. The number of rotatable bonds is 0. The van der Waals surface area contributed by atoms with Crippen LogP contribution in [0.25, 0.3) is 6.08 Å². The maximum atomic E-state index is 4.17. The zero-order valence-corrected chi connectivity index (χ0v) is 5.78. The monoisotopic (exact) mass is 132 g/mol. The molecule has 0 saturated carbocycles. The number of hydrogen-bond acceptors (Lipinski definition) is 2. The summed E-state index contributed by atoms with van der Waals surface area (Å²) >= 11 is 0. The highest BCUT2D eigenvalue weighted by Crippen LogP contribution is 2.25. The number of hydrogen-bond donors (Lipinski definition) is 0. The fourth-order valence-electron chi connectivity index (χ4n) is 1.20. The van der Waals surface area contributed by atoms with E-state index in [0.29, 0.717) is 5.92 Å². The van der Waals surface area contributed by atoms with E-state index in [9.17, 15) is 0 Å². The molecule has 0 bridgehead atoms. The number of allylic oxidation sites excluding steroid dienone is 1. The lowest BCUT2D eigenvalue weighted by Crippen LogP contribution is -1.91. The summed E-state index contributed by atoms with van der Waals surface area (Å²) in [5, 5.41) is 0. The summed E-state index contributed by atoms with van der Waals surface area (Å²) in [5.74, 6) is 0.470. The van der Waals surface area contributed by atoms with Crippen LogP contribution in [0.1, 0.15) is 24.1 Å². The topological polar surface area (TPSA) is 25.8 Å². The van der Waals surface area contributed by atoms with Gasteiger partial charge in [0.15, 0.2) is 0 Å². The molecule has 0 saturated heterocycles. The second-order valence-corrected chi connectivity index (χ2v) is 2.51. The van der Waals surface area contributed by atoms with Crippen LogP contribution in [0.15, 0.2) is 18.6 Å². The molecule has 1 aromatic heterocycles. The van der Waals surface area contributed by atoms with Gasteiger partial charge in [-0.25, -0.2) is 9.97 Å². The van der Waals surface area contributed by atoms with Gasteiger partial charge in [-0.05, 0) is 0 Å². The minimum absolute atomic E-state index is 0.470. The molecule has 0 spiro atoms. The third kappa shape index (κ3) is 0.652. The van der Waals surface area contributed by atoms with E-state index < -0.39 is 0 Å². The first-order valence-electron chi connectivity index (χ1n) is 3.36. The highest BCUT2D eigenvalue weighted by Gasteiger charge is 2.12. The van der Waals surface area contributed by atoms with Gasteiger partial charge in [-0.2, -0.15) is 0 Å². The lowest BCUT2D eigenvalue weighted by molar-refractivity contribution is 0.909. The van der Waals surface area contributed by atoms with Gasteiger partial charge in [-0.3, -0.25) is 0 Å². The number of nitrogens with zero attached hydrogens (tertiary/aromatic N) is 2. The fourth-order valence-corrected chi connectivity index (χ4v) is 1.20. The van der Waals surface area contributed by atoms with Crippen molar-refractivity contribution in [1.82, 2.24) is 9.97 Å². The van der Waals surface area contributed by atoms with E-state index in [1.165, 1.54) is 0 Å². The van der Waals surface area contributed by atoms with Gasteiger partial charge in [0.1, 0.15) is 6.33 Å². The zero-order chi connectivity index (χ0) is 6.97. The Bertz CT molecular complexity index is 278. The molecule has 0 radical (unpaired) electrons. The summed E-state index contributed by atoms with van der Waals surface area (Å²) in [5.41, 5.74) is 2.31. The van der Waals surface area contributed by atoms with Gasteiger partial charge in [0.25, 0.3) is 0 Å². The molecule has 1 aromatic rings. The molecule has 2 rings (SSSR count). The highest BCUT2D eigenvalue weighted by molar-refractivity contribution is 5.58. The van der Waals surface area contributed by atoms with E-state index in [2.05, 4.69) is 29.0 Å². The summed E-state index contributed by atoms with van der Waals surface area (Å²) in [7, 11) is 0. The molecule has 1 heterocycles. The molecule has 0 N–H and O–H groups in total. The molecule has 10 heavy (non-hydrogen) atoms. The first kappa shape index (κ1) is 5.59. The Balaban J connectivity index is 2.59. The molecule has 0 amide bonds. The van der Waals surface area contributed by atoms with Gasteiger partial charge < -0.3 is 0 Å². The van der Waals surface area contributed by atoms with Crippen LogP contribution in [-0.4, -0.2) is 9.97 Å². The van der Waals surface area contributed by atoms with Crippen molar-refractivity contribution in [2.24, 2.45) is 0 Å². The lowest BCUT2D eigenvalue weighted by Gasteiger charge is -1.99. The van der Waals surface area contributed by atoms with Crippen LogP contribution in [-0.2, 0) is 0 Å². The van der Waals surface area contributed by atoms with E-state index in [1.54, 1.807) is 6.33 Å². The van der Waals surface area contributed by atoms with Crippen molar-refractivity contribution < 1.29 is 0 Å². The Labute approximate surface area is 59.6 Å². The van der Waals surface area contributed by atoms with Crippen LogP contribution in [0.4, 0.5) is 0 Å². The maximum Gasteiger partial charge on any atom is 0.115 e. The van der Waals surface area contributed by atoms with Crippen LogP contribution in [0.3, 0.4) is 0 Å². The molecule has 0 aromatic carbocycles. The summed E-state index contributed by atoms with van der Waals surface area (Å²) in [4.78, 5) is 8.10. The van der Waals surface area contributed by atoms with Gasteiger partial charge in [0.05, 0.1) is 5.69 Å². The Morgan fingerprint density at radius 1 is 1.50 bits per heavy atom. The second kappa shape index (κ2) is 1.90. The molecule has 1 aliphatic rings. The van der Waals surface area contributed by atoms with Crippen molar-refractivity contribution in [2.45, 2.75) is 12.8 Å². The molecule has 1 unspecified atom stereocenters. The quantitative estimate of drug-likeness (QED) is 0.536. The Kier molecular flexibility index (Phi) is 1.07. The Hall–Kier alpha value is -1.18. The predicted octanol–water partition coefficient (Wildman–Crippen LogP) is 1.61. The van der Waals surface area contributed by atoms with Crippen molar-refractivity contribution in [3.05, 3.63) is 29.9 Å². The number of fused-ring (bicyclic) bond motifs is 1. The molecule has 2 nitrogen and oxygen atoms in total. The summed E-state index contributed by atoms with van der Waals surface area (Å²) in [6.45, 7) is 2.13. The largest absolute Gasteiger partial charge is 0.244 e. The molecular formula is C8H8N2. The highest BCUT2D eigenvalue weighted by atomic mass is 14.8. The molecule has 1 aliphatic carbocycles. The second-order valence-electron chi connectivity index (χ2n) is 2.51. The fraction of sp³-hybridized carbons (Fsp3) is 0.250. The van der Waals surface area contributed by atoms with Crippen molar-refractivity contribution >= 4 is 6.08 Å². The normalized spacial score (nSPS) is 21.1. The van der Waals surface area contributed by atoms with Gasteiger partial charge in [0, 0.05) is 17.7 Å². The van der Waals surface area contributed by atoms with E-state index in [-0.39, 0.29) is 0 Å². The smallest absolute Gasteiger partial charge is 0.115 e. The van der Waals surface area contributed by atoms with Crippen LogP contribution < -0.4 is 0 Å². The first-order valence-corrected chi connectivity index (χ1v) is 3.36. The maximum absolute atomic E-state index is 4.17. The average Bonchev–Trinajstić information content (AvgIpc) is 2.34. The van der Waals surface area contributed by atoms with E-state index in [1.807, 2.05) is 6.20 Å². The third-order valence-corrected chi connectivity index (χ3v) is 1.77. The Morgan fingerprint density at radius 3 is 3.20 bits per heavy atom. The minimum Gasteiger partial charge on any atom is -0.244 e. The van der Waals surface area contributed by atoms with Crippen molar-refractivity contribution in [3.8, 4) is 0 Å².